The van der Waals surface area contributed by atoms with Crippen molar-refractivity contribution in [1.29, 1.82) is 0 Å². The minimum absolute atomic E-state index is 0.0352. The van der Waals surface area contributed by atoms with E-state index in [-0.39, 0.29) is 11.0 Å². The molecule has 1 N–H and O–H groups in total. The second kappa shape index (κ2) is 14.6. The monoisotopic (exact) mass is 375 g/mol. The molecule has 0 aliphatic heterocycles. The van der Waals surface area contributed by atoms with Gasteiger partial charge in [0.25, 0.3) is 0 Å². The fraction of sp³-hybridized carbons (Fsp3) is 0.545. The Hall–Kier alpha value is -1.55. The van der Waals surface area contributed by atoms with Crippen LogP contribution in [0.4, 0.5) is 0 Å². The van der Waals surface area contributed by atoms with Crippen LogP contribution < -0.4 is 5.32 Å². The normalized spacial score (nSPS) is 11.0. The van der Waals surface area contributed by atoms with Gasteiger partial charge < -0.3 is 5.32 Å². The largest absolute Gasteiger partial charge is 0.353 e. The molecular formula is C22H33NO2S. The Bertz CT molecular complexity index is 552. The van der Waals surface area contributed by atoms with E-state index in [4.69, 9.17) is 0 Å². The summed E-state index contributed by atoms with van der Waals surface area (Å²) in [6, 6.07) is 7.76. The minimum Gasteiger partial charge on any atom is -0.353 e. The van der Waals surface area contributed by atoms with E-state index in [1.807, 2.05) is 24.3 Å². The van der Waals surface area contributed by atoms with Crippen LogP contribution in [-0.2, 0) is 11.2 Å². The van der Waals surface area contributed by atoms with Crippen molar-refractivity contribution in [3.05, 3.63) is 46.9 Å². The van der Waals surface area contributed by atoms with Crippen molar-refractivity contribution in [2.75, 3.05) is 6.54 Å². The van der Waals surface area contributed by atoms with E-state index in [0.717, 1.165) is 31.0 Å². The smallest absolute Gasteiger partial charge is 0.244 e. The van der Waals surface area contributed by atoms with Gasteiger partial charge in [0.15, 0.2) is 0 Å². The van der Waals surface area contributed by atoms with E-state index in [1.165, 1.54) is 50.2 Å². The first-order valence-electron chi connectivity index (χ1n) is 9.91. The van der Waals surface area contributed by atoms with Gasteiger partial charge in [-0.3, -0.25) is 9.59 Å². The second-order valence-corrected chi connectivity index (χ2v) is 7.45. The zero-order valence-corrected chi connectivity index (χ0v) is 17.1. The van der Waals surface area contributed by atoms with E-state index in [9.17, 15) is 9.59 Å². The Morgan fingerprint density at radius 2 is 1.58 bits per heavy atom. The predicted molar refractivity (Wildman–Crippen MR) is 113 cm³/mol. The lowest BCUT2D eigenvalue weighted by Gasteiger charge is -2.03. The van der Waals surface area contributed by atoms with Gasteiger partial charge in [0, 0.05) is 18.2 Å². The van der Waals surface area contributed by atoms with E-state index < -0.39 is 0 Å². The average molecular weight is 376 g/mol. The molecule has 0 unspecified atom stereocenters. The summed E-state index contributed by atoms with van der Waals surface area (Å²) in [7, 11) is 0. The van der Waals surface area contributed by atoms with Crippen LogP contribution in [0.25, 0.3) is 0 Å². The number of benzene rings is 1. The van der Waals surface area contributed by atoms with E-state index in [2.05, 4.69) is 19.2 Å². The average Bonchev–Trinajstić information content (AvgIpc) is 2.66. The van der Waals surface area contributed by atoms with Gasteiger partial charge in [-0.25, -0.2) is 0 Å². The maximum Gasteiger partial charge on any atom is 0.244 e. The number of nitrogens with one attached hydrogen (secondary N) is 1. The fourth-order valence-electron chi connectivity index (χ4n) is 2.59. The highest BCUT2D eigenvalue weighted by molar-refractivity contribution is 8.16. The maximum absolute atomic E-state index is 12.1. The van der Waals surface area contributed by atoms with Crippen molar-refractivity contribution in [1.82, 2.24) is 5.32 Å². The first-order chi connectivity index (χ1) is 12.7. The lowest BCUT2D eigenvalue weighted by Crippen LogP contribution is -2.21. The standard InChI is InChI=1S/C22H33NO2S/c1-3-5-7-8-9-10-17-23-21(24)16-18-26-22(25)20-14-12-19(13-15-20)11-6-4-2/h12-16,18H,3-11,17H2,1-2H3,(H,23,24)/b18-16-. The zero-order valence-electron chi connectivity index (χ0n) is 16.3. The Morgan fingerprint density at radius 3 is 2.27 bits per heavy atom. The molecule has 0 atom stereocenters. The maximum atomic E-state index is 12.1. The molecule has 1 aromatic rings. The highest BCUT2D eigenvalue weighted by Gasteiger charge is 2.05. The van der Waals surface area contributed by atoms with Crippen molar-refractivity contribution in [3.63, 3.8) is 0 Å². The SMILES string of the molecule is CCCCCCCCNC(=O)/C=C\SC(=O)c1ccc(CCCC)cc1. The van der Waals surface area contributed by atoms with Gasteiger partial charge in [-0.1, -0.05) is 88.4 Å². The Kier molecular flexibility index (Phi) is 12.6. The molecule has 1 rings (SSSR count). The molecule has 0 saturated heterocycles. The van der Waals surface area contributed by atoms with Gasteiger partial charge in [0.1, 0.15) is 0 Å². The number of carbonyl (C=O) groups excluding carboxylic acids is 2. The minimum atomic E-state index is -0.131. The van der Waals surface area contributed by atoms with Crippen molar-refractivity contribution in [2.24, 2.45) is 0 Å². The molecule has 0 fully saturated rings. The summed E-state index contributed by atoms with van der Waals surface area (Å²) in [6.07, 6.45) is 12.1. The van der Waals surface area contributed by atoms with Crippen LogP contribution in [0.5, 0.6) is 0 Å². The number of hydrogen-bond donors (Lipinski definition) is 1. The molecule has 0 aliphatic carbocycles. The fourth-order valence-corrected chi connectivity index (χ4v) is 3.18. The predicted octanol–water partition coefficient (Wildman–Crippen LogP) is 5.89. The Morgan fingerprint density at radius 1 is 0.923 bits per heavy atom. The third kappa shape index (κ3) is 10.4. The molecule has 4 heteroatoms. The summed E-state index contributed by atoms with van der Waals surface area (Å²) in [4.78, 5) is 23.8. The molecule has 0 bridgehead atoms. The van der Waals surface area contributed by atoms with Crippen molar-refractivity contribution < 1.29 is 9.59 Å². The molecule has 0 aliphatic rings. The lowest BCUT2D eigenvalue weighted by molar-refractivity contribution is -0.116. The van der Waals surface area contributed by atoms with Gasteiger partial charge in [-0.05, 0) is 30.2 Å². The van der Waals surface area contributed by atoms with Crippen LogP contribution >= 0.6 is 11.8 Å². The van der Waals surface area contributed by atoms with Gasteiger partial charge >= 0.3 is 0 Å². The zero-order chi connectivity index (χ0) is 19.0. The van der Waals surface area contributed by atoms with Crippen molar-refractivity contribution in [2.45, 2.75) is 71.6 Å². The van der Waals surface area contributed by atoms with Gasteiger partial charge in [0.2, 0.25) is 11.0 Å². The van der Waals surface area contributed by atoms with Crippen LogP contribution in [0.2, 0.25) is 0 Å². The third-order valence-corrected chi connectivity index (χ3v) is 4.95. The first-order valence-corrected chi connectivity index (χ1v) is 10.8. The van der Waals surface area contributed by atoms with Crippen LogP contribution in [-0.4, -0.2) is 17.6 Å². The third-order valence-electron chi connectivity index (χ3n) is 4.23. The number of unbranched alkanes of at least 4 members (excludes halogenated alkanes) is 6. The molecule has 26 heavy (non-hydrogen) atoms. The molecule has 0 saturated carbocycles. The Balaban J connectivity index is 2.21. The second-order valence-electron chi connectivity index (χ2n) is 6.57. The van der Waals surface area contributed by atoms with Crippen LogP contribution in [0.15, 0.2) is 35.7 Å². The quantitative estimate of drug-likeness (QED) is 0.345. The molecular weight excluding hydrogens is 342 g/mol. The molecule has 0 heterocycles. The number of hydrogen-bond acceptors (Lipinski definition) is 3. The summed E-state index contributed by atoms with van der Waals surface area (Å²) < 4.78 is 0. The summed E-state index contributed by atoms with van der Waals surface area (Å²) in [5.41, 5.74) is 1.94. The summed E-state index contributed by atoms with van der Waals surface area (Å²) >= 11 is 1.05. The number of aryl methyl sites for hydroxylation is 1. The lowest BCUT2D eigenvalue weighted by atomic mass is 10.1. The van der Waals surface area contributed by atoms with Crippen molar-refractivity contribution >= 4 is 22.8 Å². The van der Waals surface area contributed by atoms with Crippen LogP contribution in [0, 0.1) is 0 Å². The van der Waals surface area contributed by atoms with Crippen molar-refractivity contribution in [3.8, 4) is 0 Å². The summed E-state index contributed by atoms with van der Waals surface area (Å²) in [6.45, 7) is 5.08. The summed E-state index contributed by atoms with van der Waals surface area (Å²) in [5, 5.41) is 4.40. The van der Waals surface area contributed by atoms with E-state index >= 15 is 0 Å². The highest BCUT2D eigenvalue weighted by Crippen LogP contribution is 2.15. The number of rotatable bonds is 13. The highest BCUT2D eigenvalue weighted by atomic mass is 32.2. The molecule has 144 valence electrons. The van der Waals surface area contributed by atoms with Crippen LogP contribution in [0.1, 0.15) is 81.1 Å². The number of thioether (sulfide) groups is 1. The molecule has 0 aromatic heterocycles. The number of amides is 1. The first kappa shape index (κ1) is 22.5. The molecule has 0 spiro atoms. The molecule has 1 amide bonds. The molecule has 3 nitrogen and oxygen atoms in total. The van der Waals surface area contributed by atoms with E-state index in [0.29, 0.717) is 12.1 Å². The molecule has 1 aromatic carbocycles. The van der Waals surface area contributed by atoms with Gasteiger partial charge in [0.05, 0.1) is 0 Å². The topological polar surface area (TPSA) is 46.2 Å². The summed E-state index contributed by atoms with van der Waals surface area (Å²) in [5.74, 6) is -0.131. The van der Waals surface area contributed by atoms with Gasteiger partial charge in [-0.15, -0.1) is 0 Å². The van der Waals surface area contributed by atoms with E-state index in [1.54, 1.807) is 5.41 Å². The number of carbonyl (C=O) groups is 2. The molecule has 0 radical (unpaired) electrons. The Labute approximate surface area is 163 Å². The van der Waals surface area contributed by atoms with Gasteiger partial charge in [-0.2, -0.15) is 0 Å². The van der Waals surface area contributed by atoms with Crippen LogP contribution in [0.3, 0.4) is 0 Å².